The van der Waals surface area contributed by atoms with Gasteiger partial charge in [-0.25, -0.2) is 14.4 Å². The second kappa shape index (κ2) is 47.7. The maximum atomic E-state index is 11.9. The van der Waals surface area contributed by atoms with E-state index in [-0.39, 0.29) is 179 Å². The van der Waals surface area contributed by atoms with Gasteiger partial charge in [-0.1, -0.05) is 65.4 Å². The molecule has 1 heterocycles. The molecule has 0 fully saturated rings. The van der Waals surface area contributed by atoms with Gasteiger partial charge in [0, 0.05) is 159 Å². The van der Waals surface area contributed by atoms with E-state index in [1.54, 1.807) is 68.3 Å². The van der Waals surface area contributed by atoms with Crippen molar-refractivity contribution in [1.29, 1.82) is 0 Å². The van der Waals surface area contributed by atoms with Crippen LogP contribution in [0.4, 0.5) is 13.2 Å². The number of benzene rings is 5. The third-order valence-electron chi connectivity index (χ3n) is 7.36. The van der Waals surface area contributed by atoms with Crippen LogP contribution in [0.5, 0.6) is 17.2 Å². The predicted molar refractivity (Wildman–Crippen MR) is 265 cm³/mol. The Morgan fingerprint density at radius 2 is 1.18 bits per heavy atom. The molecule has 0 aliphatic carbocycles. The van der Waals surface area contributed by atoms with Crippen LogP contribution >= 0.6 is 15.9 Å². The third kappa shape index (κ3) is 34.4. The Bertz CT molecular complexity index is 2990. The van der Waals surface area contributed by atoms with Crippen LogP contribution < -0.4 is 4.18 Å². The number of hydrogen-bond donors (Lipinski definition) is 3. The number of aldehydes is 4. The van der Waals surface area contributed by atoms with Crippen LogP contribution in [0.1, 0.15) is 92.6 Å². The van der Waals surface area contributed by atoms with Crippen LogP contribution in [0.25, 0.3) is 10.8 Å². The topological polar surface area (TPSA) is 255 Å². The number of aromatic nitrogens is 1. The first-order chi connectivity index (χ1) is 34.2. The number of aromatic hydroxyl groups is 2. The number of esters is 2. The Labute approximate surface area is 553 Å². The number of nitrogens with zero attached hydrogens (tertiary/aromatic N) is 1. The number of phenols is 2. The van der Waals surface area contributed by atoms with Gasteiger partial charge in [0.1, 0.15) is 11.4 Å². The number of phenolic OH excluding ortho intramolecular Hbond substituents is 2. The zero-order valence-corrected chi connectivity index (χ0v) is 54.3. The van der Waals surface area contributed by atoms with Crippen molar-refractivity contribution < 1.29 is 215 Å². The largest absolute Gasteiger partial charge is 0.534 e. The maximum absolute atomic E-state index is 11.9. The van der Waals surface area contributed by atoms with Crippen molar-refractivity contribution >= 4 is 79.9 Å². The van der Waals surface area contributed by atoms with Crippen molar-refractivity contribution in [3.63, 3.8) is 0 Å². The van der Waals surface area contributed by atoms with Crippen LogP contribution in [0.15, 0.2) is 108 Å². The van der Waals surface area contributed by atoms with Gasteiger partial charge >= 0.3 is 33.5 Å². The summed E-state index contributed by atoms with van der Waals surface area (Å²) >= 11 is 3.17. The van der Waals surface area contributed by atoms with Crippen molar-refractivity contribution in [2.24, 2.45) is 0 Å². The van der Waals surface area contributed by atoms with E-state index >= 15 is 0 Å². The van der Waals surface area contributed by atoms with Crippen LogP contribution in [-0.4, -0.2) is 90.5 Å². The summed E-state index contributed by atoms with van der Waals surface area (Å²) < 4.78 is 70.6. The first kappa shape index (κ1) is 84.1. The number of halogens is 4. The second-order valence-electron chi connectivity index (χ2n) is 12.1. The molecule has 0 saturated heterocycles. The van der Waals surface area contributed by atoms with Gasteiger partial charge in [0.25, 0.3) is 0 Å². The molecule has 4 radical (unpaired) electrons. The molecule has 3 N–H and O–H groups in total. The average molecular weight is 1450 g/mol. The first-order valence-electron chi connectivity index (χ1n) is 20.0. The van der Waals surface area contributed by atoms with E-state index in [2.05, 4.69) is 77.1 Å². The van der Waals surface area contributed by atoms with Gasteiger partial charge in [0.15, 0.2) is 6.29 Å². The minimum Gasteiger partial charge on any atom is -0.533 e. The van der Waals surface area contributed by atoms with Gasteiger partial charge < -0.3 is 43.4 Å². The van der Waals surface area contributed by atoms with E-state index in [9.17, 15) is 55.2 Å². The molecule has 0 saturated carbocycles. The smallest absolute Gasteiger partial charge is 0.533 e. The molecular weight excluding hydrogens is 1400 g/mol. The second-order valence-corrected chi connectivity index (χ2v) is 14.6. The first-order valence-corrected chi connectivity index (χ1v) is 22.2. The number of carbonyl (C=O) groups excluding carboxylic acids is 6. The standard InChI is InChI=1S/C12H9O3.C10H6NO2.C8H4F3O4S.C7H5BrO2.C7H5O2.C5H6O2.C2H6.CH4.4Y/c1-2-15-12(14)8-7-10-5-3-4-6-11(10)9-13;12-10(13)9-5-7-3-1-2-4-8(7)6-11-9;9-8(10,11)16(13,14)15-7-4-2-1-3-6(7)5-12;8-6-1-2-7(10)5(3-6)4-9;8-5-6-3-1-2-4-7(6)9;1-3-5(6)7-4-2;1-2;;;;;/h3,5-6,9H,2H2,1H3;1,3-6H,(H,12,13);2-5H;1-4,10H;2-5,9H;1H,4H2,2H3;1-2H3;1H4;;;;/q3*-1;;-1;;;;;;;. The summed E-state index contributed by atoms with van der Waals surface area (Å²) in [4.78, 5) is 76.5. The molecule has 0 atom stereocenters. The third-order valence-corrected chi connectivity index (χ3v) is 8.82. The van der Waals surface area contributed by atoms with E-state index in [1.165, 1.54) is 30.5 Å². The molecule has 77 heavy (non-hydrogen) atoms. The van der Waals surface area contributed by atoms with E-state index in [0.717, 1.165) is 33.4 Å². The average Bonchev–Trinajstić information content (AvgIpc) is 3.38. The summed E-state index contributed by atoms with van der Waals surface area (Å²) in [5, 5.41) is 28.3. The monoisotopic (exact) mass is 1450 g/mol. The van der Waals surface area contributed by atoms with Crippen molar-refractivity contribution in [2.45, 2.75) is 40.6 Å². The van der Waals surface area contributed by atoms with Gasteiger partial charge in [-0.2, -0.15) is 107 Å². The fourth-order valence-corrected chi connectivity index (χ4v) is 5.03. The molecule has 6 rings (SSSR count). The Balaban J connectivity index is -0.000000196. The molecule has 5 aromatic carbocycles. The summed E-state index contributed by atoms with van der Waals surface area (Å²) in [6.45, 7) is 8.04. The van der Waals surface area contributed by atoms with Crippen molar-refractivity contribution in [1.82, 2.24) is 4.98 Å². The Kier molecular flexibility index (Phi) is 52.1. The van der Waals surface area contributed by atoms with Gasteiger partial charge in [-0.3, -0.25) is 9.78 Å². The summed E-state index contributed by atoms with van der Waals surface area (Å²) in [5.74, 6) is 3.80. The van der Waals surface area contributed by atoms with E-state index in [4.69, 9.17) is 15.3 Å². The SMILES string of the molecule is C.C#CC(=O)OCC.CC.CCOC(=O)C#Cc1cc[c-]cc1C=O.O=C(O)c1cc2cc[c-]cc2cn1.O=Cc1c[c-]ccc1O.O=Cc1c[c-]ccc1OS(=O)(=O)C(F)(F)F.O=Cc1cc(Br)ccc1O.[Y].[Y].[Y].[Y]. The molecule has 6 aromatic rings. The van der Waals surface area contributed by atoms with Gasteiger partial charge in [-0.05, 0) is 44.3 Å². The number of terminal acetylenes is 1. The molecule has 25 heteroatoms. The molecule has 0 bridgehead atoms. The number of carboxylic acid groups (broad SMARTS) is 1. The molecule has 398 valence electrons. The molecule has 0 unspecified atom stereocenters. The molecule has 0 spiro atoms. The van der Waals surface area contributed by atoms with Crippen molar-refractivity contribution in [3.8, 4) is 41.4 Å². The minimum absolute atomic E-state index is 0. The summed E-state index contributed by atoms with van der Waals surface area (Å²) in [5.41, 5.74) is -4.32. The number of pyridine rings is 1. The van der Waals surface area contributed by atoms with Crippen molar-refractivity contribution in [3.05, 3.63) is 166 Å². The van der Waals surface area contributed by atoms with Crippen molar-refractivity contribution in [2.75, 3.05) is 13.2 Å². The number of fused-ring (bicyclic) bond motifs is 1. The molecule has 1 aromatic heterocycles. The van der Waals surface area contributed by atoms with Gasteiger partial charge in [0.05, 0.1) is 37.6 Å². The van der Waals surface area contributed by atoms with Gasteiger partial charge in [0.2, 0.25) is 0 Å². The van der Waals surface area contributed by atoms with Crippen LogP contribution in [0, 0.1) is 48.5 Å². The molecule has 0 aliphatic rings. The minimum atomic E-state index is -5.76. The summed E-state index contributed by atoms with van der Waals surface area (Å²) in [7, 11) is -5.76. The Morgan fingerprint density at radius 3 is 1.65 bits per heavy atom. The summed E-state index contributed by atoms with van der Waals surface area (Å²) in [6, 6.07) is 34.4. The normalized spacial score (nSPS) is 8.87. The summed E-state index contributed by atoms with van der Waals surface area (Å²) in [6.07, 6.45) is 8.21. The zero-order valence-electron chi connectivity index (χ0n) is 40.5. The molecular formula is C52H45BrF3NO15SY4-4. The molecule has 0 amide bonds. The number of aromatic carboxylic acids is 1. The number of carbonyl (C=O) groups is 7. The van der Waals surface area contributed by atoms with Crippen LogP contribution in [0.2, 0.25) is 0 Å². The fourth-order valence-electron chi connectivity index (χ4n) is 4.16. The number of rotatable bonds is 9. The molecule has 0 aliphatic heterocycles. The van der Waals surface area contributed by atoms with E-state index in [1.807, 2.05) is 19.9 Å². The maximum Gasteiger partial charge on any atom is 0.534 e. The number of alkyl halides is 3. The Morgan fingerprint density at radius 1 is 0.701 bits per heavy atom. The Hall–Kier alpha value is -4.24. The van der Waals surface area contributed by atoms with E-state index in [0.29, 0.717) is 42.2 Å². The fraction of sp³-hybridized carbons (Fsp3) is 0.154. The van der Waals surface area contributed by atoms with Crippen LogP contribution in [-0.2, 0) is 160 Å². The quantitative estimate of drug-likeness (QED) is 0.0232. The predicted octanol–water partition coefficient (Wildman–Crippen LogP) is 9.28. The number of ether oxygens (including phenoxy) is 2. The zero-order chi connectivity index (χ0) is 54.7. The number of hydrogen-bond acceptors (Lipinski definition) is 15. The van der Waals surface area contributed by atoms with Gasteiger partial charge in [-0.15, -0.1) is 29.3 Å². The van der Waals surface area contributed by atoms with E-state index < -0.39 is 39.3 Å². The number of carboxylic acids is 1. The van der Waals surface area contributed by atoms with Crippen LogP contribution in [0.3, 0.4) is 0 Å². The molecule has 16 nitrogen and oxygen atoms in total.